The van der Waals surface area contributed by atoms with Crippen molar-refractivity contribution in [2.24, 2.45) is 0 Å². The fraction of sp³-hybridized carbons (Fsp3) is 0.158. The topological polar surface area (TPSA) is 41.5 Å². The quantitative estimate of drug-likeness (QED) is 0.751. The molecule has 0 aromatic heterocycles. The number of phenols is 1. The molecule has 3 nitrogen and oxygen atoms in total. The smallest absolute Gasteiger partial charge is 0.120 e. The molecule has 22 heavy (non-hydrogen) atoms. The summed E-state index contributed by atoms with van der Waals surface area (Å²) in [5, 5.41) is 15.0. The van der Waals surface area contributed by atoms with Gasteiger partial charge in [-0.2, -0.15) is 0 Å². The molecule has 0 unspecified atom stereocenters. The van der Waals surface area contributed by atoms with Gasteiger partial charge >= 0.3 is 0 Å². The molecule has 0 saturated heterocycles. The standard InChI is InChI=1S/C19H19NO2/c1-20-12-14-5-6-17-11-19(8-7-16(17)9-14)22-13-15-3-2-4-18(21)10-15/h2-11,20-21H,12-13H2,1H3. The maximum atomic E-state index is 9.46. The average molecular weight is 293 g/mol. The van der Waals surface area contributed by atoms with Crippen molar-refractivity contribution < 1.29 is 9.84 Å². The largest absolute Gasteiger partial charge is 0.508 e. The van der Waals surface area contributed by atoms with Gasteiger partial charge in [0.15, 0.2) is 0 Å². The summed E-state index contributed by atoms with van der Waals surface area (Å²) in [6, 6.07) is 19.6. The van der Waals surface area contributed by atoms with E-state index < -0.39 is 0 Å². The monoisotopic (exact) mass is 293 g/mol. The summed E-state index contributed by atoms with van der Waals surface area (Å²) in [6.45, 7) is 1.31. The third kappa shape index (κ3) is 3.38. The van der Waals surface area contributed by atoms with Crippen LogP contribution in [0.3, 0.4) is 0 Å². The second-order valence-electron chi connectivity index (χ2n) is 5.33. The first-order chi connectivity index (χ1) is 10.7. The van der Waals surface area contributed by atoms with Crippen LogP contribution >= 0.6 is 0 Å². The van der Waals surface area contributed by atoms with E-state index in [-0.39, 0.29) is 5.75 Å². The number of hydrogen-bond donors (Lipinski definition) is 2. The Morgan fingerprint density at radius 3 is 2.55 bits per heavy atom. The van der Waals surface area contributed by atoms with Gasteiger partial charge in [-0.25, -0.2) is 0 Å². The molecule has 0 heterocycles. The SMILES string of the molecule is CNCc1ccc2cc(OCc3cccc(O)c3)ccc2c1. The van der Waals surface area contributed by atoms with Crippen LogP contribution in [-0.4, -0.2) is 12.2 Å². The van der Waals surface area contributed by atoms with Crippen LogP contribution in [0.2, 0.25) is 0 Å². The number of rotatable bonds is 5. The number of benzene rings is 3. The van der Waals surface area contributed by atoms with Gasteiger partial charge in [0.2, 0.25) is 0 Å². The van der Waals surface area contributed by atoms with Gasteiger partial charge in [-0.3, -0.25) is 0 Å². The van der Waals surface area contributed by atoms with Crippen molar-refractivity contribution in [1.29, 1.82) is 0 Å². The summed E-state index contributed by atoms with van der Waals surface area (Å²) in [4.78, 5) is 0. The van der Waals surface area contributed by atoms with E-state index in [9.17, 15) is 5.11 Å². The highest BCUT2D eigenvalue weighted by Crippen LogP contribution is 2.23. The van der Waals surface area contributed by atoms with Crippen molar-refractivity contribution in [3.63, 3.8) is 0 Å². The second kappa shape index (κ2) is 6.50. The number of aromatic hydroxyl groups is 1. The lowest BCUT2D eigenvalue weighted by Crippen LogP contribution is -2.04. The average Bonchev–Trinajstić information content (AvgIpc) is 2.53. The minimum Gasteiger partial charge on any atom is -0.508 e. The summed E-state index contributed by atoms with van der Waals surface area (Å²) in [5.74, 6) is 1.09. The molecular weight excluding hydrogens is 274 g/mol. The van der Waals surface area contributed by atoms with Crippen molar-refractivity contribution in [2.75, 3.05) is 7.05 Å². The normalized spacial score (nSPS) is 10.8. The Hall–Kier alpha value is -2.52. The molecule has 0 fully saturated rings. The number of phenolic OH excluding ortho intramolecular Hbond substituents is 1. The van der Waals surface area contributed by atoms with E-state index >= 15 is 0 Å². The van der Waals surface area contributed by atoms with E-state index in [1.807, 2.05) is 31.3 Å². The van der Waals surface area contributed by atoms with Crippen molar-refractivity contribution >= 4 is 10.8 Å². The predicted molar refractivity (Wildman–Crippen MR) is 89.2 cm³/mol. The van der Waals surface area contributed by atoms with Crippen molar-refractivity contribution in [1.82, 2.24) is 5.32 Å². The molecule has 0 aliphatic heterocycles. The van der Waals surface area contributed by atoms with Crippen LogP contribution < -0.4 is 10.1 Å². The van der Waals surface area contributed by atoms with Crippen LogP contribution in [0.25, 0.3) is 10.8 Å². The molecule has 3 aromatic rings. The highest BCUT2D eigenvalue weighted by molar-refractivity contribution is 5.84. The van der Waals surface area contributed by atoms with Crippen molar-refractivity contribution in [2.45, 2.75) is 13.2 Å². The summed E-state index contributed by atoms with van der Waals surface area (Å²) in [7, 11) is 1.95. The minimum absolute atomic E-state index is 0.261. The van der Waals surface area contributed by atoms with Gasteiger partial charge in [0.05, 0.1) is 0 Å². The maximum Gasteiger partial charge on any atom is 0.120 e. The van der Waals surface area contributed by atoms with Gasteiger partial charge in [0, 0.05) is 6.54 Å². The lowest BCUT2D eigenvalue weighted by molar-refractivity contribution is 0.306. The maximum absolute atomic E-state index is 9.46. The molecule has 0 bridgehead atoms. The van der Waals surface area contributed by atoms with Crippen LogP contribution in [0.1, 0.15) is 11.1 Å². The lowest BCUT2D eigenvalue weighted by Gasteiger charge is -2.09. The summed E-state index contributed by atoms with van der Waals surface area (Å²) in [5.41, 5.74) is 2.22. The van der Waals surface area contributed by atoms with E-state index in [1.165, 1.54) is 10.9 Å². The molecule has 0 atom stereocenters. The molecule has 0 radical (unpaired) electrons. The molecule has 3 aromatic carbocycles. The lowest BCUT2D eigenvalue weighted by atomic mass is 10.1. The molecule has 0 aliphatic rings. The minimum atomic E-state index is 0.261. The number of hydrogen-bond acceptors (Lipinski definition) is 3. The van der Waals surface area contributed by atoms with Gasteiger partial charge in [-0.15, -0.1) is 0 Å². The number of ether oxygens (including phenoxy) is 1. The molecule has 0 aliphatic carbocycles. The van der Waals surface area contributed by atoms with Crippen LogP contribution in [-0.2, 0) is 13.2 Å². The van der Waals surface area contributed by atoms with Gasteiger partial charge in [-0.05, 0) is 59.3 Å². The van der Waals surface area contributed by atoms with E-state index in [0.29, 0.717) is 6.61 Å². The first-order valence-corrected chi connectivity index (χ1v) is 7.32. The number of fused-ring (bicyclic) bond motifs is 1. The first-order valence-electron chi connectivity index (χ1n) is 7.32. The highest BCUT2D eigenvalue weighted by atomic mass is 16.5. The molecule has 2 N–H and O–H groups in total. The molecule has 3 rings (SSSR count). The molecule has 112 valence electrons. The molecular formula is C19H19NO2. The van der Waals surface area contributed by atoms with E-state index in [0.717, 1.165) is 23.2 Å². The zero-order valence-corrected chi connectivity index (χ0v) is 12.5. The molecule has 0 spiro atoms. The van der Waals surface area contributed by atoms with Gasteiger partial charge in [-0.1, -0.05) is 30.3 Å². The van der Waals surface area contributed by atoms with Gasteiger partial charge < -0.3 is 15.2 Å². The second-order valence-corrected chi connectivity index (χ2v) is 5.33. The van der Waals surface area contributed by atoms with Crippen LogP contribution in [0.15, 0.2) is 60.7 Å². The Balaban J connectivity index is 1.76. The zero-order valence-electron chi connectivity index (χ0n) is 12.5. The molecule has 0 saturated carbocycles. The first kappa shape index (κ1) is 14.4. The van der Waals surface area contributed by atoms with Crippen molar-refractivity contribution in [3.8, 4) is 11.5 Å². The third-order valence-electron chi connectivity index (χ3n) is 3.57. The molecule has 3 heteroatoms. The zero-order chi connectivity index (χ0) is 15.4. The highest BCUT2D eigenvalue weighted by Gasteiger charge is 2.01. The Labute approximate surface area is 130 Å². The van der Waals surface area contributed by atoms with Crippen LogP contribution in [0.5, 0.6) is 11.5 Å². The molecule has 0 amide bonds. The van der Waals surface area contributed by atoms with Crippen LogP contribution in [0, 0.1) is 0 Å². The van der Waals surface area contributed by atoms with Gasteiger partial charge in [0.25, 0.3) is 0 Å². The Bertz CT molecular complexity index is 783. The van der Waals surface area contributed by atoms with Gasteiger partial charge in [0.1, 0.15) is 18.1 Å². The summed E-state index contributed by atoms with van der Waals surface area (Å²) < 4.78 is 5.81. The summed E-state index contributed by atoms with van der Waals surface area (Å²) in [6.07, 6.45) is 0. The third-order valence-corrected chi connectivity index (χ3v) is 3.57. The fourth-order valence-corrected chi connectivity index (χ4v) is 2.49. The van der Waals surface area contributed by atoms with E-state index in [4.69, 9.17) is 4.74 Å². The summed E-state index contributed by atoms with van der Waals surface area (Å²) >= 11 is 0. The fourth-order valence-electron chi connectivity index (χ4n) is 2.49. The van der Waals surface area contributed by atoms with Crippen molar-refractivity contribution in [3.05, 3.63) is 71.8 Å². The van der Waals surface area contributed by atoms with E-state index in [1.54, 1.807) is 12.1 Å². The Morgan fingerprint density at radius 2 is 1.73 bits per heavy atom. The Morgan fingerprint density at radius 1 is 0.909 bits per heavy atom. The predicted octanol–water partition coefficient (Wildman–Crippen LogP) is 3.84. The van der Waals surface area contributed by atoms with E-state index in [2.05, 4.69) is 29.6 Å². The number of nitrogens with one attached hydrogen (secondary N) is 1. The van der Waals surface area contributed by atoms with Crippen LogP contribution in [0.4, 0.5) is 0 Å². The Kier molecular flexibility index (Phi) is 4.26.